The van der Waals surface area contributed by atoms with Crippen molar-refractivity contribution < 1.29 is 4.79 Å². The van der Waals surface area contributed by atoms with Crippen LogP contribution in [0.25, 0.3) is 17.0 Å². The molecule has 3 aromatic rings. The maximum absolute atomic E-state index is 10.7. The van der Waals surface area contributed by atoms with Crippen LogP contribution in [0, 0.1) is 0 Å². The molecule has 4 nitrogen and oxygen atoms in total. The fourth-order valence-corrected chi connectivity index (χ4v) is 2.27. The van der Waals surface area contributed by atoms with E-state index >= 15 is 0 Å². The van der Waals surface area contributed by atoms with E-state index < -0.39 is 0 Å². The van der Waals surface area contributed by atoms with Gasteiger partial charge in [0, 0.05) is 21.8 Å². The third-order valence-electron chi connectivity index (χ3n) is 2.68. The summed E-state index contributed by atoms with van der Waals surface area (Å²) in [6.07, 6.45) is 2.60. The topological polar surface area (TPSA) is 47.3 Å². The van der Waals surface area contributed by atoms with Crippen LogP contribution in [0.3, 0.4) is 0 Å². The van der Waals surface area contributed by atoms with Crippen molar-refractivity contribution in [2.45, 2.75) is 0 Å². The zero-order valence-corrected chi connectivity index (χ0v) is 10.8. The van der Waals surface area contributed by atoms with E-state index in [0.29, 0.717) is 11.2 Å². The first-order valence-corrected chi connectivity index (χ1v) is 6.14. The van der Waals surface area contributed by atoms with Crippen molar-refractivity contribution in [2.75, 3.05) is 0 Å². The Morgan fingerprint density at radius 3 is 2.78 bits per heavy atom. The summed E-state index contributed by atoms with van der Waals surface area (Å²) >= 11 is 3.49. The van der Waals surface area contributed by atoms with Crippen molar-refractivity contribution in [1.29, 1.82) is 0 Å². The predicted molar refractivity (Wildman–Crippen MR) is 71.5 cm³/mol. The van der Waals surface area contributed by atoms with Gasteiger partial charge in [-0.15, -0.1) is 10.2 Å². The molecule has 5 heteroatoms. The van der Waals surface area contributed by atoms with E-state index in [9.17, 15) is 4.79 Å². The maximum atomic E-state index is 10.7. The molecular formula is C13H8BrN3O. The predicted octanol–water partition coefficient (Wildman–Crippen LogP) is 2.97. The zero-order valence-electron chi connectivity index (χ0n) is 9.25. The van der Waals surface area contributed by atoms with Crippen molar-refractivity contribution in [3.63, 3.8) is 0 Å². The number of rotatable bonds is 2. The van der Waals surface area contributed by atoms with Crippen molar-refractivity contribution in [2.24, 2.45) is 0 Å². The zero-order chi connectivity index (χ0) is 12.5. The molecule has 0 aliphatic heterocycles. The van der Waals surface area contributed by atoms with Crippen molar-refractivity contribution >= 4 is 27.9 Å². The number of benzene rings is 1. The molecule has 0 radical (unpaired) electrons. The molecular weight excluding hydrogens is 294 g/mol. The number of aromatic nitrogens is 3. The summed E-state index contributed by atoms with van der Waals surface area (Å²) in [5, 5.41) is 8.25. The van der Waals surface area contributed by atoms with E-state index in [1.165, 1.54) is 0 Å². The summed E-state index contributed by atoms with van der Waals surface area (Å²) < 4.78 is 2.81. The number of hydrogen-bond acceptors (Lipinski definition) is 3. The highest BCUT2D eigenvalue weighted by atomic mass is 79.9. The summed E-state index contributed by atoms with van der Waals surface area (Å²) in [5.41, 5.74) is 2.21. The van der Waals surface area contributed by atoms with E-state index in [1.54, 1.807) is 18.3 Å². The minimum absolute atomic E-state index is 0.591. The number of halogens is 1. The van der Waals surface area contributed by atoms with Gasteiger partial charge in [-0.3, -0.25) is 9.20 Å². The fourth-order valence-electron chi connectivity index (χ4n) is 1.81. The van der Waals surface area contributed by atoms with Crippen LogP contribution in [0.15, 0.2) is 47.1 Å². The fraction of sp³-hybridized carbons (Fsp3) is 0. The lowest BCUT2D eigenvalue weighted by Gasteiger charge is -2.02. The third-order valence-corrected chi connectivity index (χ3v) is 3.38. The number of fused-ring (bicyclic) bond motifs is 1. The van der Waals surface area contributed by atoms with Crippen LogP contribution in [0.4, 0.5) is 0 Å². The van der Waals surface area contributed by atoms with Gasteiger partial charge in [0.1, 0.15) is 6.29 Å². The monoisotopic (exact) mass is 301 g/mol. The smallest absolute Gasteiger partial charge is 0.169 e. The van der Waals surface area contributed by atoms with Crippen LogP contribution in [0.2, 0.25) is 0 Å². The van der Waals surface area contributed by atoms with Gasteiger partial charge in [0.15, 0.2) is 11.5 Å². The van der Waals surface area contributed by atoms with Gasteiger partial charge in [-0.2, -0.15) is 0 Å². The van der Waals surface area contributed by atoms with Gasteiger partial charge in [0.2, 0.25) is 0 Å². The van der Waals surface area contributed by atoms with E-state index in [4.69, 9.17) is 0 Å². The van der Waals surface area contributed by atoms with Gasteiger partial charge < -0.3 is 0 Å². The van der Waals surface area contributed by atoms with E-state index in [2.05, 4.69) is 26.1 Å². The van der Waals surface area contributed by atoms with Crippen LogP contribution >= 0.6 is 15.9 Å². The van der Waals surface area contributed by atoms with Crippen LogP contribution in [0.1, 0.15) is 10.4 Å². The maximum Gasteiger partial charge on any atom is 0.169 e. The molecule has 1 aromatic carbocycles. The minimum atomic E-state index is 0.591. The van der Waals surface area contributed by atoms with Crippen LogP contribution in [0.5, 0.6) is 0 Å². The Hall–Kier alpha value is -2.01. The first kappa shape index (κ1) is 11.1. The molecule has 0 spiro atoms. The lowest BCUT2D eigenvalue weighted by atomic mass is 10.2. The van der Waals surface area contributed by atoms with Crippen molar-refractivity contribution in [3.05, 3.63) is 52.6 Å². The summed E-state index contributed by atoms with van der Waals surface area (Å²) in [7, 11) is 0. The molecule has 0 saturated carbocycles. The summed E-state index contributed by atoms with van der Waals surface area (Å²) in [4.78, 5) is 10.7. The van der Waals surface area contributed by atoms with Gasteiger partial charge in [0.05, 0.1) is 0 Å². The Morgan fingerprint density at radius 1 is 1.17 bits per heavy atom. The summed E-state index contributed by atoms with van der Waals surface area (Å²) in [6, 6.07) is 11.3. The largest absolute Gasteiger partial charge is 0.298 e. The molecule has 0 aliphatic carbocycles. The second-order valence-corrected chi connectivity index (χ2v) is 4.66. The molecule has 2 aromatic heterocycles. The molecule has 0 unspecified atom stereocenters. The average Bonchev–Trinajstić information content (AvgIpc) is 2.82. The van der Waals surface area contributed by atoms with E-state index in [0.717, 1.165) is 22.1 Å². The number of pyridine rings is 1. The molecule has 0 amide bonds. The van der Waals surface area contributed by atoms with Gasteiger partial charge in [-0.1, -0.05) is 34.1 Å². The molecule has 0 N–H and O–H groups in total. The first-order chi connectivity index (χ1) is 8.79. The van der Waals surface area contributed by atoms with Gasteiger partial charge in [-0.05, 0) is 18.2 Å². The van der Waals surface area contributed by atoms with E-state index in [-0.39, 0.29) is 0 Å². The quantitative estimate of drug-likeness (QED) is 0.684. The Labute approximate surface area is 111 Å². The number of nitrogens with zero attached hydrogens (tertiary/aromatic N) is 3. The first-order valence-electron chi connectivity index (χ1n) is 5.34. The number of hydrogen-bond donors (Lipinski definition) is 0. The van der Waals surface area contributed by atoms with Crippen molar-refractivity contribution in [1.82, 2.24) is 14.6 Å². The van der Waals surface area contributed by atoms with Gasteiger partial charge in [0.25, 0.3) is 0 Å². The molecule has 0 bridgehead atoms. The third kappa shape index (κ3) is 1.73. The molecule has 88 valence electrons. The lowest BCUT2D eigenvalue weighted by Crippen LogP contribution is -1.91. The Morgan fingerprint density at radius 2 is 2.00 bits per heavy atom. The molecule has 3 rings (SSSR count). The molecule has 0 saturated heterocycles. The molecule has 0 fully saturated rings. The Bertz CT molecular complexity index is 736. The highest BCUT2D eigenvalue weighted by Gasteiger charge is 2.10. The normalized spacial score (nSPS) is 10.7. The number of carbonyl (C=O) groups excluding carboxylic acids is 1. The Balaban J connectivity index is 2.25. The van der Waals surface area contributed by atoms with Gasteiger partial charge in [-0.25, -0.2) is 0 Å². The SMILES string of the molecule is O=Cc1ccn2c(-c3ccccc3Br)nnc2c1. The molecule has 2 heterocycles. The number of carbonyl (C=O) groups is 1. The van der Waals surface area contributed by atoms with Crippen LogP contribution in [-0.4, -0.2) is 20.9 Å². The second kappa shape index (κ2) is 4.34. The van der Waals surface area contributed by atoms with Crippen molar-refractivity contribution in [3.8, 4) is 11.4 Å². The second-order valence-electron chi connectivity index (χ2n) is 3.81. The average molecular weight is 302 g/mol. The lowest BCUT2D eigenvalue weighted by molar-refractivity contribution is 0.112. The highest BCUT2D eigenvalue weighted by molar-refractivity contribution is 9.10. The molecule has 0 aliphatic rings. The molecule has 0 atom stereocenters. The summed E-state index contributed by atoms with van der Waals surface area (Å²) in [5.74, 6) is 0.745. The highest BCUT2D eigenvalue weighted by Crippen LogP contribution is 2.26. The van der Waals surface area contributed by atoms with Crippen LogP contribution < -0.4 is 0 Å². The van der Waals surface area contributed by atoms with E-state index in [1.807, 2.05) is 28.7 Å². The number of aldehydes is 1. The molecule has 18 heavy (non-hydrogen) atoms. The minimum Gasteiger partial charge on any atom is -0.298 e. The Kier molecular flexibility index (Phi) is 2.68. The van der Waals surface area contributed by atoms with Crippen LogP contribution in [-0.2, 0) is 0 Å². The standard InChI is InChI=1S/C13H8BrN3O/c14-11-4-2-1-3-10(11)13-16-15-12-7-9(8-18)5-6-17(12)13/h1-8H. The summed E-state index contributed by atoms with van der Waals surface area (Å²) in [6.45, 7) is 0. The van der Waals surface area contributed by atoms with Gasteiger partial charge >= 0.3 is 0 Å².